The molecule has 0 unspecified atom stereocenters. The lowest BCUT2D eigenvalue weighted by atomic mass is 9.59. The summed E-state index contributed by atoms with van der Waals surface area (Å²) in [6, 6.07) is 16.5. The van der Waals surface area contributed by atoms with Crippen LogP contribution in [0.15, 0.2) is 84.5 Å². The summed E-state index contributed by atoms with van der Waals surface area (Å²) in [6.45, 7) is 11.7. The molecule has 0 radical (unpaired) electrons. The Kier molecular flexibility index (Phi) is 6.05. The molecule has 1 N–H and O–H groups in total. The van der Waals surface area contributed by atoms with E-state index >= 15 is 0 Å². The van der Waals surface area contributed by atoms with Crippen LogP contribution in [0, 0.1) is 34.5 Å². The highest BCUT2D eigenvalue weighted by Gasteiger charge is 2.79. The van der Waals surface area contributed by atoms with E-state index in [9.17, 15) is 24.3 Å². The van der Waals surface area contributed by atoms with Crippen molar-refractivity contribution in [3.8, 4) is 0 Å². The highest BCUT2D eigenvalue weighted by molar-refractivity contribution is 6.16. The lowest BCUT2D eigenvalue weighted by Crippen LogP contribution is -2.66. The molecule has 4 aliphatic rings. The summed E-state index contributed by atoms with van der Waals surface area (Å²) in [7, 11) is 0. The van der Waals surface area contributed by atoms with Gasteiger partial charge in [-0.15, -0.1) is 0 Å². The Morgan fingerprint density at radius 1 is 0.902 bits per heavy atom. The summed E-state index contributed by atoms with van der Waals surface area (Å²) < 4.78 is 12.0. The maximum atomic E-state index is 14.7. The Labute approximate surface area is 239 Å². The zero-order chi connectivity index (χ0) is 29.5. The zero-order valence-corrected chi connectivity index (χ0v) is 23.6. The standard InChI is InChI=1S/C34H34O7/c1-18-17-33-19(2)16-23-25(32(23,4)5)24(27(33)36)26(35)20(3)29(41-31(38)22-14-10-7-11-15-22)34(33,39)28(18)40-30(37)21-12-8-6-9-13-21/h6-15,17,19,23-25,28-29,39H,3,16H2,1-2,4-5H3/t19-,23-,24-,25-,28+,29-,33+,34-/m1/s1. The molecule has 0 heterocycles. The van der Waals surface area contributed by atoms with Gasteiger partial charge < -0.3 is 14.6 Å². The molecular weight excluding hydrogens is 520 g/mol. The molecule has 2 aromatic rings. The van der Waals surface area contributed by atoms with Crippen molar-refractivity contribution in [2.75, 3.05) is 0 Å². The Morgan fingerprint density at radius 2 is 1.41 bits per heavy atom. The molecular formula is C34H34O7. The Bertz CT molecular complexity index is 1510. The van der Waals surface area contributed by atoms with Crippen LogP contribution in [0.3, 0.4) is 0 Å². The van der Waals surface area contributed by atoms with Crippen molar-refractivity contribution in [1.82, 2.24) is 0 Å². The monoisotopic (exact) mass is 554 g/mol. The minimum Gasteiger partial charge on any atom is -0.451 e. The van der Waals surface area contributed by atoms with E-state index in [-0.39, 0.29) is 34.0 Å². The summed E-state index contributed by atoms with van der Waals surface area (Å²) in [6.07, 6.45) is -0.770. The van der Waals surface area contributed by atoms with E-state index in [0.717, 1.165) is 0 Å². The number of ether oxygens (including phenoxy) is 2. The topological polar surface area (TPSA) is 107 Å². The summed E-state index contributed by atoms with van der Waals surface area (Å²) in [4.78, 5) is 55.7. The lowest BCUT2D eigenvalue weighted by Gasteiger charge is -2.48. The number of hydrogen-bond donors (Lipinski definition) is 1. The predicted octanol–water partition coefficient (Wildman–Crippen LogP) is 4.75. The van der Waals surface area contributed by atoms with Crippen LogP contribution in [0.2, 0.25) is 0 Å². The molecule has 1 spiro atoms. The minimum atomic E-state index is -2.30. The Balaban J connectivity index is 1.53. The Morgan fingerprint density at radius 3 is 1.95 bits per heavy atom. The van der Waals surface area contributed by atoms with Gasteiger partial charge >= 0.3 is 11.9 Å². The molecule has 7 nitrogen and oxygen atoms in total. The average Bonchev–Trinajstić information content (AvgIpc) is 3.44. The van der Waals surface area contributed by atoms with Crippen molar-refractivity contribution in [1.29, 1.82) is 0 Å². The minimum absolute atomic E-state index is 0.0925. The van der Waals surface area contributed by atoms with Crippen LogP contribution in [0.25, 0.3) is 0 Å². The van der Waals surface area contributed by atoms with Crippen molar-refractivity contribution in [2.45, 2.75) is 51.9 Å². The molecule has 0 amide bonds. The summed E-state index contributed by atoms with van der Waals surface area (Å²) in [5.41, 5.74) is -3.45. The molecule has 2 aromatic carbocycles. The number of carbonyl (C=O) groups is 4. The number of benzene rings is 2. The molecule has 0 saturated heterocycles. The molecule has 41 heavy (non-hydrogen) atoms. The number of hydrogen-bond acceptors (Lipinski definition) is 7. The van der Waals surface area contributed by atoms with Gasteiger partial charge in [0.05, 0.1) is 22.5 Å². The fourth-order valence-electron chi connectivity index (χ4n) is 8.12. The summed E-state index contributed by atoms with van der Waals surface area (Å²) in [5, 5.41) is 13.0. The molecule has 0 aliphatic heterocycles. The van der Waals surface area contributed by atoms with Crippen molar-refractivity contribution in [3.63, 3.8) is 0 Å². The first kappa shape index (κ1) is 27.3. The highest BCUT2D eigenvalue weighted by atomic mass is 16.6. The molecule has 2 bridgehead atoms. The van der Waals surface area contributed by atoms with Crippen LogP contribution < -0.4 is 0 Å². The van der Waals surface area contributed by atoms with E-state index in [1.807, 2.05) is 6.92 Å². The highest BCUT2D eigenvalue weighted by Crippen LogP contribution is 2.72. The van der Waals surface area contributed by atoms with Gasteiger partial charge in [0.15, 0.2) is 29.4 Å². The fraction of sp³-hybridized carbons (Fsp3) is 0.412. The van der Waals surface area contributed by atoms with Gasteiger partial charge in [-0.1, -0.05) is 69.8 Å². The van der Waals surface area contributed by atoms with E-state index in [1.54, 1.807) is 73.7 Å². The van der Waals surface area contributed by atoms with Crippen LogP contribution in [0.4, 0.5) is 0 Å². The first-order valence-corrected chi connectivity index (χ1v) is 14.1. The molecule has 4 aliphatic carbocycles. The van der Waals surface area contributed by atoms with E-state index in [1.165, 1.54) is 0 Å². The first-order chi connectivity index (χ1) is 19.4. The normalized spacial score (nSPS) is 36.7. The molecule has 3 fully saturated rings. The second-order valence-electron chi connectivity index (χ2n) is 12.7. The summed E-state index contributed by atoms with van der Waals surface area (Å²) in [5.74, 6) is -4.09. The fourth-order valence-corrected chi connectivity index (χ4v) is 8.12. The van der Waals surface area contributed by atoms with Gasteiger partial charge in [0.25, 0.3) is 0 Å². The van der Waals surface area contributed by atoms with Gasteiger partial charge in [0, 0.05) is 5.57 Å². The van der Waals surface area contributed by atoms with Crippen LogP contribution in [0.1, 0.15) is 54.8 Å². The van der Waals surface area contributed by atoms with Gasteiger partial charge in [0.2, 0.25) is 0 Å². The van der Waals surface area contributed by atoms with Gasteiger partial charge in [-0.25, -0.2) is 9.59 Å². The van der Waals surface area contributed by atoms with E-state index < -0.39 is 58.6 Å². The average molecular weight is 555 g/mol. The van der Waals surface area contributed by atoms with E-state index in [2.05, 4.69) is 20.4 Å². The second kappa shape index (κ2) is 9.08. The third kappa shape index (κ3) is 3.61. The number of rotatable bonds is 4. The van der Waals surface area contributed by atoms with Gasteiger partial charge in [-0.3, -0.25) is 9.59 Å². The second-order valence-corrected chi connectivity index (χ2v) is 12.7. The van der Waals surface area contributed by atoms with Crippen LogP contribution in [-0.4, -0.2) is 46.4 Å². The molecule has 0 aromatic heterocycles. The molecule has 7 heteroatoms. The quantitative estimate of drug-likeness (QED) is 0.252. The van der Waals surface area contributed by atoms with Crippen LogP contribution >= 0.6 is 0 Å². The largest absolute Gasteiger partial charge is 0.451 e. The molecule has 6 rings (SSSR count). The number of carbonyl (C=O) groups excluding carboxylic acids is 4. The smallest absolute Gasteiger partial charge is 0.338 e. The maximum Gasteiger partial charge on any atom is 0.338 e. The number of ketones is 2. The Hall–Kier alpha value is -3.84. The molecule has 212 valence electrons. The third-order valence-electron chi connectivity index (χ3n) is 10.3. The van der Waals surface area contributed by atoms with Gasteiger partial charge in [-0.2, -0.15) is 0 Å². The number of fused-ring (bicyclic) bond motifs is 3. The third-order valence-corrected chi connectivity index (χ3v) is 10.3. The number of aliphatic hydroxyl groups is 1. The van der Waals surface area contributed by atoms with Crippen LogP contribution in [-0.2, 0) is 19.1 Å². The predicted molar refractivity (Wildman–Crippen MR) is 150 cm³/mol. The molecule has 8 atom stereocenters. The van der Waals surface area contributed by atoms with E-state index in [4.69, 9.17) is 9.47 Å². The van der Waals surface area contributed by atoms with E-state index in [0.29, 0.717) is 12.0 Å². The van der Waals surface area contributed by atoms with Gasteiger partial charge in [0.1, 0.15) is 0 Å². The van der Waals surface area contributed by atoms with Crippen molar-refractivity contribution >= 4 is 23.5 Å². The maximum absolute atomic E-state index is 14.7. The number of esters is 2. The molecule has 3 saturated carbocycles. The first-order valence-electron chi connectivity index (χ1n) is 14.1. The number of Topliss-reactive ketones (excluding diaryl/α,β-unsaturated/α-hetero) is 2. The lowest BCUT2D eigenvalue weighted by molar-refractivity contribution is -0.189. The summed E-state index contributed by atoms with van der Waals surface area (Å²) >= 11 is 0. The zero-order valence-electron chi connectivity index (χ0n) is 23.6. The van der Waals surface area contributed by atoms with Crippen molar-refractivity contribution in [2.24, 2.45) is 34.5 Å². The van der Waals surface area contributed by atoms with Gasteiger partial charge in [-0.05, 0) is 66.4 Å². The van der Waals surface area contributed by atoms with Crippen molar-refractivity contribution in [3.05, 3.63) is 95.6 Å². The van der Waals surface area contributed by atoms with Crippen LogP contribution in [0.5, 0.6) is 0 Å². The SMILES string of the molecule is C=C1C(=O)[C@@H]2C(=O)[C@]3(C=C(C)[C@H](OC(=O)c4ccccc4)[C@@]3(O)[C@@H]1OC(=O)c1ccccc1)[C@H](C)C[C@@H]1[C@H]2C1(C)C. The van der Waals surface area contributed by atoms with Crippen molar-refractivity contribution < 1.29 is 33.8 Å².